The summed E-state index contributed by atoms with van der Waals surface area (Å²) in [5.41, 5.74) is 7.90. The van der Waals surface area contributed by atoms with Crippen LogP contribution in [0, 0.1) is 6.92 Å². The summed E-state index contributed by atoms with van der Waals surface area (Å²) in [6, 6.07) is 3.71. The summed E-state index contributed by atoms with van der Waals surface area (Å²) < 4.78 is 0. The molecule has 0 bridgehead atoms. The topological polar surface area (TPSA) is 62.1 Å². The van der Waals surface area contributed by atoms with Crippen molar-refractivity contribution in [2.24, 2.45) is 0 Å². The molecule has 0 saturated carbocycles. The van der Waals surface area contributed by atoms with E-state index >= 15 is 0 Å². The number of nitrogens with two attached hydrogens (primary N) is 1. The lowest BCUT2D eigenvalue weighted by Gasteiger charge is -2.15. The molecule has 0 atom stereocenters. The van der Waals surface area contributed by atoms with Crippen molar-refractivity contribution in [1.29, 1.82) is 0 Å². The molecule has 2 aromatic rings. The van der Waals surface area contributed by atoms with E-state index < -0.39 is 0 Å². The van der Waals surface area contributed by atoms with Gasteiger partial charge in [-0.2, -0.15) is 0 Å². The fourth-order valence-corrected chi connectivity index (χ4v) is 2.55. The Morgan fingerprint density at radius 2 is 2.35 bits per heavy atom. The number of anilines is 1. The number of nitrogens with zero attached hydrogens (tertiary/aromatic N) is 1. The van der Waals surface area contributed by atoms with Gasteiger partial charge in [-0.25, -0.2) is 0 Å². The third kappa shape index (κ3) is 2.50. The first-order valence-corrected chi connectivity index (χ1v) is 6.18. The fourth-order valence-electron chi connectivity index (χ4n) is 1.59. The molecule has 0 radical (unpaired) electrons. The Morgan fingerprint density at radius 1 is 1.59 bits per heavy atom. The molecule has 0 fully saturated rings. The maximum absolute atomic E-state index is 12.0. The van der Waals surface area contributed by atoms with Crippen LogP contribution in [0.25, 0.3) is 0 Å². The predicted molar refractivity (Wildman–Crippen MR) is 70.1 cm³/mol. The number of nitrogen functional groups attached to an aromatic ring is 1. The molecule has 17 heavy (non-hydrogen) atoms. The minimum Gasteiger partial charge on any atom is -0.397 e. The standard InChI is InChI=1S/C12H15N3OS/c1-8-3-4-17-11(8)7-15(2)12(16)10-5-9(13)6-14-10/h3-6,14H,7,13H2,1-2H3. The van der Waals surface area contributed by atoms with E-state index in [1.807, 2.05) is 5.38 Å². The number of hydrogen-bond acceptors (Lipinski definition) is 3. The maximum atomic E-state index is 12.0. The van der Waals surface area contributed by atoms with Gasteiger partial charge in [-0.1, -0.05) is 0 Å². The highest BCUT2D eigenvalue weighted by Gasteiger charge is 2.14. The largest absolute Gasteiger partial charge is 0.397 e. The predicted octanol–water partition coefficient (Wildman–Crippen LogP) is 2.24. The van der Waals surface area contributed by atoms with E-state index in [-0.39, 0.29) is 5.91 Å². The highest BCUT2D eigenvalue weighted by molar-refractivity contribution is 7.10. The number of thiophene rings is 1. The zero-order valence-corrected chi connectivity index (χ0v) is 10.7. The molecule has 2 heterocycles. The lowest BCUT2D eigenvalue weighted by Crippen LogP contribution is -2.26. The second-order valence-electron chi connectivity index (χ2n) is 4.03. The number of carbonyl (C=O) groups is 1. The van der Waals surface area contributed by atoms with Crippen LogP contribution >= 0.6 is 11.3 Å². The summed E-state index contributed by atoms with van der Waals surface area (Å²) >= 11 is 1.67. The molecule has 5 heteroatoms. The summed E-state index contributed by atoms with van der Waals surface area (Å²) in [4.78, 5) is 17.8. The quantitative estimate of drug-likeness (QED) is 0.876. The average Bonchev–Trinajstić information content (AvgIpc) is 2.88. The van der Waals surface area contributed by atoms with E-state index in [1.54, 1.807) is 35.5 Å². The van der Waals surface area contributed by atoms with E-state index in [2.05, 4.69) is 18.0 Å². The van der Waals surface area contributed by atoms with E-state index in [0.717, 1.165) is 0 Å². The van der Waals surface area contributed by atoms with Crippen molar-refractivity contribution in [3.05, 3.63) is 39.8 Å². The number of hydrogen-bond donors (Lipinski definition) is 2. The first kappa shape index (κ1) is 11.7. The first-order chi connectivity index (χ1) is 8.08. The molecule has 0 aromatic carbocycles. The van der Waals surface area contributed by atoms with Crippen molar-refractivity contribution in [1.82, 2.24) is 9.88 Å². The summed E-state index contributed by atoms with van der Waals surface area (Å²) in [5.74, 6) is -0.0468. The number of nitrogens with one attached hydrogen (secondary N) is 1. The number of aromatic amines is 1. The molecule has 0 aliphatic rings. The van der Waals surface area contributed by atoms with Crippen LogP contribution < -0.4 is 5.73 Å². The number of aromatic nitrogens is 1. The van der Waals surface area contributed by atoms with Gasteiger partial charge in [-0.3, -0.25) is 4.79 Å². The van der Waals surface area contributed by atoms with Crippen LogP contribution in [0.4, 0.5) is 5.69 Å². The van der Waals surface area contributed by atoms with Crippen LogP contribution in [0.1, 0.15) is 20.9 Å². The lowest BCUT2D eigenvalue weighted by molar-refractivity contribution is 0.0781. The van der Waals surface area contributed by atoms with Gasteiger partial charge in [0.05, 0.1) is 6.54 Å². The van der Waals surface area contributed by atoms with Crippen LogP contribution in [0.15, 0.2) is 23.7 Å². The van der Waals surface area contributed by atoms with Gasteiger partial charge in [-0.05, 0) is 30.0 Å². The molecule has 0 aliphatic heterocycles. The molecule has 0 saturated heterocycles. The molecule has 90 valence electrons. The molecular weight excluding hydrogens is 234 g/mol. The summed E-state index contributed by atoms with van der Waals surface area (Å²) in [5, 5.41) is 2.04. The molecule has 2 aromatic heterocycles. The monoisotopic (exact) mass is 249 g/mol. The van der Waals surface area contributed by atoms with Gasteiger partial charge < -0.3 is 15.6 Å². The Bertz CT molecular complexity index is 529. The fraction of sp³-hybridized carbons (Fsp3) is 0.250. The third-order valence-corrected chi connectivity index (χ3v) is 3.64. The van der Waals surface area contributed by atoms with Gasteiger partial charge in [0.1, 0.15) is 5.69 Å². The second-order valence-corrected chi connectivity index (χ2v) is 5.04. The number of aryl methyl sites for hydroxylation is 1. The van der Waals surface area contributed by atoms with E-state index in [0.29, 0.717) is 17.9 Å². The highest BCUT2D eigenvalue weighted by atomic mass is 32.1. The highest BCUT2D eigenvalue weighted by Crippen LogP contribution is 2.18. The van der Waals surface area contributed by atoms with Crippen molar-refractivity contribution in [3.8, 4) is 0 Å². The molecule has 1 amide bonds. The second kappa shape index (κ2) is 4.63. The van der Waals surface area contributed by atoms with Crippen LogP contribution in [0.5, 0.6) is 0 Å². The molecule has 2 rings (SSSR count). The number of amides is 1. The Balaban J connectivity index is 2.08. The molecule has 0 spiro atoms. The van der Waals surface area contributed by atoms with Crippen molar-refractivity contribution in [2.75, 3.05) is 12.8 Å². The van der Waals surface area contributed by atoms with Gasteiger partial charge in [-0.15, -0.1) is 11.3 Å². The van der Waals surface area contributed by atoms with Crippen LogP contribution in [-0.2, 0) is 6.54 Å². The first-order valence-electron chi connectivity index (χ1n) is 5.30. The number of H-pyrrole nitrogens is 1. The zero-order valence-electron chi connectivity index (χ0n) is 9.86. The Morgan fingerprint density at radius 3 is 2.88 bits per heavy atom. The van der Waals surface area contributed by atoms with E-state index in [4.69, 9.17) is 5.73 Å². The molecule has 0 unspecified atom stereocenters. The Labute approximate surface area is 104 Å². The van der Waals surface area contributed by atoms with Crippen molar-refractivity contribution < 1.29 is 4.79 Å². The van der Waals surface area contributed by atoms with Gasteiger partial charge in [0.2, 0.25) is 0 Å². The minimum atomic E-state index is -0.0468. The van der Waals surface area contributed by atoms with Gasteiger partial charge in [0, 0.05) is 23.8 Å². The molecular formula is C12H15N3OS. The smallest absolute Gasteiger partial charge is 0.270 e. The van der Waals surface area contributed by atoms with E-state index in [9.17, 15) is 4.79 Å². The normalized spacial score (nSPS) is 10.5. The van der Waals surface area contributed by atoms with Crippen molar-refractivity contribution >= 4 is 22.9 Å². The summed E-state index contributed by atoms with van der Waals surface area (Å²) in [6.07, 6.45) is 1.62. The molecule has 3 N–H and O–H groups in total. The minimum absolute atomic E-state index is 0.0468. The van der Waals surface area contributed by atoms with E-state index in [1.165, 1.54) is 10.4 Å². The van der Waals surface area contributed by atoms with Crippen molar-refractivity contribution in [2.45, 2.75) is 13.5 Å². The Kier molecular flexibility index (Phi) is 3.19. The van der Waals surface area contributed by atoms with Gasteiger partial charge in [0.15, 0.2) is 0 Å². The number of rotatable bonds is 3. The average molecular weight is 249 g/mol. The number of carbonyl (C=O) groups excluding carboxylic acids is 1. The summed E-state index contributed by atoms with van der Waals surface area (Å²) in [6.45, 7) is 2.68. The molecule has 4 nitrogen and oxygen atoms in total. The van der Waals surface area contributed by atoms with Gasteiger partial charge >= 0.3 is 0 Å². The van der Waals surface area contributed by atoms with Crippen LogP contribution in [0.2, 0.25) is 0 Å². The zero-order chi connectivity index (χ0) is 12.4. The summed E-state index contributed by atoms with van der Waals surface area (Å²) in [7, 11) is 1.79. The van der Waals surface area contributed by atoms with Crippen LogP contribution in [0.3, 0.4) is 0 Å². The lowest BCUT2D eigenvalue weighted by atomic mass is 10.2. The molecule has 0 aliphatic carbocycles. The third-order valence-electron chi connectivity index (χ3n) is 2.63. The SMILES string of the molecule is Cc1ccsc1CN(C)C(=O)c1cc(N)c[nH]1. The maximum Gasteiger partial charge on any atom is 0.270 e. The van der Waals surface area contributed by atoms with Gasteiger partial charge in [0.25, 0.3) is 5.91 Å². The Hall–Kier alpha value is -1.75. The van der Waals surface area contributed by atoms with Crippen molar-refractivity contribution in [3.63, 3.8) is 0 Å². The van der Waals surface area contributed by atoms with Crippen LogP contribution in [-0.4, -0.2) is 22.8 Å².